The number of fused-ring (bicyclic) bond motifs is 1. The lowest BCUT2D eigenvalue weighted by Crippen LogP contribution is -2.25. The van der Waals surface area contributed by atoms with E-state index >= 15 is 0 Å². The van der Waals surface area contributed by atoms with Crippen LogP contribution in [0.5, 0.6) is 5.75 Å². The van der Waals surface area contributed by atoms with Gasteiger partial charge >= 0.3 is 0 Å². The van der Waals surface area contributed by atoms with E-state index in [0.29, 0.717) is 0 Å². The second-order valence-electron chi connectivity index (χ2n) is 5.09. The van der Waals surface area contributed by atoms with Crippen LogP contribution in [0.3, 0.4) is 0 Å². The van der Waals surface area contributed by atoms with Gasteiger partial charge in [0, 0.05) is 24.6 Å². The van der Waals surface area contributed by atoms with Crippen molar-refractivity contribution in [1.82, 2.24) is 9.55 Å². The van der Waals surface area contributed by atoms with E-state index in [1.165, 1.54) is 5.56 Å². The largest absolute Gasteiger partial charge is 0.484 e. The van der Waals surface area contributed by atoms with Gasteiger partial charge in [-0.2, -0.15) is 0 Å². The topological polar surface area (TPSA) is 53.1 Å². The van der Waals surface area contributed by atoms with Crippen LogP contribution in [0.1, 0.15) is 42.3 Å². The van der Waals surface area contributed by atoms with Gasteiger partial charge in [-0.25, -0.2) is 4.98 Å². The molecule has 0 amide bonds. The molecule has 0 saturated heterocycles. The Balaban J connectivity index is 1.95. The van der Waals surface area contributed by atoms with E-state index in [1.807, 2.05) is 18.6 Å². The molecule has 2 N–H and O–H groups in total. The van der Waals surface area contributed by atoms with E-state index in [4.69, 9.17) is 10.5 Å². The maximum Gasteiger partial charge on any atom is 0.142 e. The van der Waals surface area contributed by atoms with E-state index < -0.39 is 0 Å². The summed E-state index contributed by atoms with van der Waals surface area (Å²) >= 11 is 0. The summed E-state index contributed by atoms with van der Waals surface area (Å²) in [6.45, 7) is 5.07. The predicted octanol–water partition coefficient (Wildman–Crippen LogP) is 2.74. The summed E-state index contributed by atoms with van der Waals surface area (Å²) in [5, 5.41) is 0. The molecule has 1 aliphatic rings. The third-order valence-corrected chi connectivity index (χ3v) is 3.72. The highest BCUT2D eigenvalue weighted by molar-refractivity contribution is 5.41. The van der Waals surface area contributed by atoms with Crippen molar-refractivity contribution < 1.29 is 4.74 Å². The van der Waals surface area contributed by atoms with Crippen molar-refractivity contribution in [2.45, 2.75) is 39.0 Å². The van der Waals surface area contributed by atoms with Crippen LogP contribution in [0.4, 0.5) is 0 Å². The molecule has 0 spiro atoms. The molecule has 3 rings (SSSR count). The highest BCUT2D eigenvalue weighted by Gasteiger charge is 2.28. The Labute approximate surface area is 113 Å². The van der Waals surface area contributed by atoms with Crippen molar-refractivity contribution in [1.29, 1.82) is 0 Å². The van der Waals surface area contributed by atoms with Crippen molar-refractivity contribution >= 4 is 0 Å². The smallest absolute Gasteiger partial charge is 0.142 e. The quantitative estimate of drug-likeness (QED) is 0.900. The highest BCUT2D eigenvalue weighted by atomic mass is 16.5. The monoisotopic (exact) mass is 257 g/mol. The van der Waals surface area contributed by atoms with Gasteiger partial charge in [-0.15, -0.1) is 0 Å². The maximum absolute atomic E-state index is 6.29. The van der Waals surface area contributed by atoms with Crippen LogP contribution in [-0.2, 0) is 6.54 Å². The molecule has 1 aliphatic heterocycles. The number of rotatable bonds is 2. The first kappa shape index (κ1) is 12.2. The average molecular weight is 257 g/mol. The minimum Gasteiger partial charge on any atom is -0.484 e. The molecule has 0 bridgehead atoms. The summed E-state index contributed by atoms with van der Waals surface area (Å²) in [6.07, 6.45) is 4.50. The van der Waals surface area contributed by atoms with E-state index in [-0.39, 0.29) is 12.1 Å². The van der Waals surface area contributed by atoms with Crippen LogP contribution < -0.4 is 10.5 Å². The number of benzene rings is 1. The molecule has 2 atom stereocenters. The van der Waals surface area contributed by atoms with Gasteiger partial charge in [-0.05, 0) is 19.9 Å². The van der Waals surface area contributed by atoms with E-state index in [9.17, 15) is 0 Å². The molecular weight excluding hydrogens is 238 g/mol. The standard InChI is InChI=1S/C15H19N3O/c1-3-18-9-17-8-13(18)15-7-12(16)11-6-10(2)4-5-14(11)19-15/h4-6,8-9,12,15H,3,7,16H2,1-2H3/t12-,15?/m0/s1. The molecule has 100 valence electrons. The molecule has 0 saturated carbocycles. The molecule has 4 nitrogen and oxygen atoms in total. The van der Waals surface area contributed by atoms with Gasteiger partial charge in [0.2, 0.25) is 0 Å². The first-order chi connectivity index (χ1) is 9.19. The normalized spacial score (nSPS) is 21.8. The van der Waals surface area contributed by atoms with E-state index in [2.05, 4.69) is 35.5 Å². The number of aromatic nitrogens is 2. The Bertz CT molecular complexity index is 591. The molecule has 0 aliphatic carbocycles. The number of ether oxygens (including phenoxy) is 1. The second-order valence-corrected chi connectivity index (χ2v) is 5.09. The maximum atomic E-state index is 6.29. The van der Waals surface area contributed by atoms with Crippen molar-refractivity contribution in [2.75, 3.05) is 0 Å². The number of nitrogens with two attached hydrogens (primary N) is 1. The fraction of sp³-hybridized carbons (Fsp3) is 0.400. The zero-order valence-corrected chi connectivity index (χ0v) is 11.3. The third kappa shape index (κ3) is 2.12. The Hall–Kier alpha value is -1.81. The fourth-order valence-corrected chi connectivity index (χ4v) is 2.67. The second kappa shape index (κ2) is 4.70. The molecule has 0 radical (unpaired) electrons. The summed E-state index contributed by atoms with van der Waals surface area (Å²) in [7, 11) is 0. The lowest BCUT2D eigenvalue weighted by atomic mass is 9.94. The molecule has 4 heteroatoms. The molecule has 1 aromatic carbocycles. The van der Waals surface area contributed by atoms with Crippen LogP contribution in [0.15, 0.2) is 30.7 Å². The first-order valence-electron chi connectivity index (χ1n) is 6.72. The molecule has 19 heavy (non-hydrogen) atoms. The Kier molecular flexibility index (Phi) is 3.03. The van der Waals surface area contributed by atoms with Gasteiger partial charge in [0.25, 0.3) is 0 Å². The average Bonchev–Trinajstić information content (AvgIpc) is 2.87. The van der Waals surface area contributed by atoms with Gasteiger partial charge in [-0.1, -0.05) is 17.7 Å². The number of hydrogen-bond acceptors (Lipinski definition) is 3. The van der Waals surface area contributed by atoms with E-state index in [0.717, 1.165) is 30.0 Å². The summed E-state index contributed by atoms with van der Waals surface area (Å²) in [6, 6.07) is 6.22. The minimum absolute atomic E-state index is 0.00680. The zero-order chi connectivity index (χ0) is 13.4. The number of aryl methyl sites for hydroxylation is 2. The van der Waals surface area contributed by atoms with Gasteiger partial charge in [0.15, 0.2) is 0 Å². The number of hydrogen-bond donors (Lipinski definition) is 1. The highest BCUT2D eigenvalue weighted by Crippen LogP contribution is 2.39. The summed E-state index contributed by atoms with van der Waals surface area (Å²) in [4.78, 5) is 4.21. The number of imidazole rings is 1. The molecule has 2 aromatic rings. The van der Waals surface area contributed by atoms with Crippen LogP contribution in [0, 0.1) is 6.92 Å². The SMILES string of the molecule is CCn1cncc1C1C[C@H](N)c2cc(C)ccc2O1. The van der Waals surface area contributed by atoms with Gasteiger partial charge in [0.1, 0.15) is 11.9 Å². The molecular formula is C15H19N3O. The van der Waals surface area contributed by atoms with Gasteiger partial charge < -0.3 is 15.0 Å². The zero-order valence-electron chi connectivity index (χ0n) is 11.3. The van der Waals surface area contributed by atoms with E-state index in [1.54, 1.807) is 0 Å². The minimum atomic E-state index is -0.00680. The van der Waals surface area contributed by atoms with Gasteiger partial charge in [0.05, 0.1) is 18.2 Å². The van der Waals surface area contributed by atoms with Crippen molar-refractivity contribution in [2.24, 2.45) is 5.73 Å². The predicted molar refractivity (Wildman–Crippen MR) is 74.0 cm³/mol. The molecule has 2 heterocycles. The van der Waals surface area contributed by atoms with Gasteiger partial charge in [-0.3, -0.25) is 0 Å². The summed E-state index contributed by atoms with van der Waals surface area (Å²) < 4.78 is 8.21. The molecule has 0 fully saturated rings. The van der Waals surface area contributed by atoms with Crippen LogP contribution >= 0.6 is 0 Å². The van der Waals surface area contributed by atoms with Crippen molar-refractivity contribution in [3.05, 3.63) is 47.5 Å². The Morgan fingerprint density at radius 3 is 3.11 bits per heavy atom. The van der Waals surface area contributed by atoms with Crippen LogP contribution in [0.2, 0.25) is 0 Å². The summed E-state index contributed by atoms with van der Waals surface area (Å²) in [5.74, 6) is 0.901. The summed E-state index contributed by atoms with van der Waals surface area (Å²) in [5.41, 5.74) is 9.72. The lowest BCUT2D eigenvalue weighted by molar-refractivity contribution is 0.153. The Morgan fingerprint density at radius 1 is 1.47 bits per heavy atom. The molecule has 1 unspecified atom stereocenters. The first-order valence-corrected chi connectivity index (χ1v) is 6.72. The lowest BCUT2D eigenvalue weighted by Gasteiger charge is -2.30. The van der Waals surface area contributed by atoms with Crippen LogP contribution in [0.25, 0.3) is 0 Å². The number of nitrogens with zero attached hydrogens (tertiary/aromatic N) is 2. The van der Waals surface area contributed by atoms with Crippen molar-refractivity contribution in [3.63, 3.8) is 0 Å². The van der Waals surface area contributed by atoms with Crippen LogP contribution in [-0.4, -0.2) is 9.55 Å². The Morgan fingerprint density at radius 2 is 2.32 bits per heavy atom. The third-order valence-electron chi connectivity index (χ3n) is 3.72. The fourth-order valence-electron chi connectivity index (χ4n) is 2.67. The van der Waals surface area contributed by atoms with Crippen molar-refractivity contribution in [3.8, 4) is 5.75 Å². The molecule has 1 aromatic heterocycles.